The van der Waals surface area contributed by atoms with E-state index in [9.17, 15) is 9.90 Å². The van der Waals surface area contributed by atoms with Gasteiger partial charge < -0.3 is 14.6 Å². The van der Waals surface area contributed by atoms with Gasteiger partial charge in [-0.15, -0.1) is 0 Å². The molecule has 0 spiro atoms. The SMILES string of the molecule is CCCn1nc(C(CCC)(OC)OC)nc1Cc1ccc(-c2ccccc2C(=O)O)nc1. The molecular formula is C24H30N4O4. The number of ether oxygens (including phenoxy) is 2. The molecule has 8 heteroatoms. The quantitative estimate of drug-likeness (QED) is 0.446. The lowest BCUT2D eigenvalue weighted by atomic mass is 10.0. The predicted molar refractivity (Wildman–Crippen MR) is 120 cm³/mol. The number of carboxylic acid groups (broad SMARTS) is 1. The van der Waals surface area contributed by atoms with Crippen LogP contribution >= 0.6 is 0 Å². The standard InChI is InChI=1S/C24H30N4O4/c1-5-13-24(31-3,32-4)23-26-21(28(27-23)14-6-2)15-17-11-12-20(25-16-17)18-9-7-8-10-19(18)22(29)30/h7-12,16H,5-6,13-15H2,1-4H3,(H,29,30). The van der Waals surface area contributed by atoms with E-state index in [2.05, 4.69) is 18.8 Å². The molecule has 8 nitrogen and oxygen atoms in total. The molecule has 0 saturated carbocycles. The highest BCUT2D eigenvalue weighted by atomic mass is 16.7. The normalized spacial score (nSPS) is 11.6. The molecule has 170 valence electrons. The van der Waals surface area contributed by atoms with E-state index in [0.717, 1.165) is 30.8 Å². The lowest BCUT2D eigenvalue weighted by Crippen LogP contribution is -2.32. The first-order valence-electron chi connectivity index (χ1n) is 10.8. The van der Waals surface area contributed by atoms with Crippen LogP contribution in [0.1, 0.15) is 60.7 Å². The van der Waals surface area contributed by atoms with Gasteiger partial charge in [0.1, 0.15) is 5.82 Å². The number of aromatic nitrogens is 4. The highest BCUT2D eigenvalue weighted by molar-refractivity contribution is 5.95. The Hall–Kier alpha value is -3.10. The van der Waals surface area contributed by atoms with Crippen LogP contribution in [0, 0.1) is 0 Å². The van der Waals surface area contributed by atoms with E-state index in [4.69, 9.17) is 19.6 Å². The smallest absolute Gasteiger partial charge is 0.336 e. The maximum atomic E-state index is 11.5. The molecule has 0 aliphatic heterocycles. The Morgan fingerprint density at radius 2 is 1.84 bits per heavy atom. The van der Waals surface area contributed by atoms with Gasteiger partial charge in [-0.05, 0) is 24.1 Å². The zero-order chi connectivity index (χ0) is 23.1. The highest BCUT2D eigenvalue weighted by Gasteiger charge is 2.36. The van der Waals surface area contributed by atoms with E-state index in [-0.39, 0.29) is 5.56 Å². The lowest BCUT2D eigenvalue weighted by Gasteiger charge is -2.27. The fourth-order valence-electron chi connectivity index (χ4n) is 3.73. The van der Waals surface area contributed by atoms with Gasteiger partial charge in [0.05, 0.1) is 11.3 Å². The number of carbonyl (C=O) groups is 1. The average Bonchev–Trinajstić information content (AvgIpc) is 3.21. The Labute approximate surface area is 188 Å². The molecule has 0 amide bonds. The number of aryl methyl sites for hydroxylation is 1. The van der Waals surface area contributed by atoms with Crippen molar-refractivity contribution < 1.29 is 19.4 Å². The number of carboxylic acids is 1. The number of hydrogen-bond acceptors (Lipinski definition) is 6. The maximum absolute atomic E-state index is 11.5. The molecule has 0 aliphatic rings. The lowest BCUT2D eigenvalue weighted by molar-refractivity contribution is -0.225. The molecule has 0 atom stereocenters. The fraction of sp³-hybridized carbons (Fsp3) is 0.417. The van der Waals surface area contributed by atoms with E-state index in [1.807, 2.05) is 16.8 Å². The Kier molecular flexibility index (Phi) is 7.71. The van der Waals surface area contributed by atoms with Gasteiger partial charge in [-0.25, -0.2) is 14.5 Å². The van der Waals surface area contributed by atoms with Crippen molar-refractivity contribution in [1.82, 2.24) is 19.7 Å². The van der Waals surface area contributed by atoms with Crippen LogP contribution in [-0.2, 0) is 28.2 Å². The van der Waals surface area contributed by atoms with E-state index >= 15 is 0 Å². The second-order valence-electron chi connectivity index (χ2n) is 7.57. The van der Waals surface area contributed by atoms with E-state index in [1.54, 1.807) is 44.7 Å². The van der Waals surface area contributed by atoms with Crippen LogP contribution in [0.3, 0.4) is 0 Å². The zero-order valence-electron chi connectivity index (χ0n) is 19.0. The number of aromatic carboxylic acids is 1. The molecule has 1 N–H and O–H groups in total. The van der Waals surface area contributed by atoms with Crippen LogP contribution < -0.4 is 0 Å². The van der Waals surface area contributed by atoms with Gasteiger partial charge >= 0.3 is 5.97 Å². The monoisotopic (exact) mass is 438 g/mol. The van der Waals surface area contributed by atoms with Crippen LogP contribution in [0.2, 0.25) is 0 Å². The summed E-state index contributed by atoms with van der Waals surface area (Å²) in [5.74, 6) is -0.617. The summed E-state index contributed by atoms with van der Waals surface area (Å²) in [6.45, 7) is 4.88. The molecule has 32 heavy (non-hydrogen) atoms. The Morgan fingerprint density at radius 1 is 1.09 bits per heavy atom. The first kappa shape index (κ1) is 23.6. The Bertz CT molecular complexity index is 1040. The first-order valence-corrected chi connectivity index (χ1v) is 10.8. The van der Waals surface area contributed by atoms with Gasteiger partial charge in [0.15, 0.2) is 0 Å². The van der Waals surface area contributed by atoms with Gasteiger partial charge in [0, 0.05) is 45.4 Å². The summed E-state index contributed by atoms with van der Waals surface area (Å²) in [4.78, 5) is 20.8. The van der Waals surface area contributed by atoms with Crippen molar-refractivity contribution >= 4 is 5.97 Å². The van der Waals surface area contributed by atoms with Crippen molar-refractivity contribution in [2.45, 2.75) is 51.9 Å². The van der Waals surface area contributed by atoms with Gasteiger partial charge in [0.25, 0.3) is 0 Å². The molecule has 2 aromatic heterocycles. The van der Waals surface area contributed by atoms with Crippen LogP contribution in [0.25, 0.3) is 11.3 Å². The van der Waals surface area contributed by atoms with E-state index < -0.39 is 11.8 Å². The predicted octanol–water partition coefficient (Wildman–Crippen LogP) is 4.28. The molecule has 0 saturated heterocycles. The topological polar surface area (TPSA) is 99.4 Å². The molecule has 3 rings (SSSR count). The molecular weight excluding hydrogens is 408 g/mol. The van der Waals surface area contributed by atoms with E-state index in [0.29, 0.717) is 29.9 Å². The summed E-state index contributed by atoms with van der Waals surface area (Å²) in [5, 5.41) is 14.1. The number of hydrogen-bond donors (Lipinski definition) is 1. The van der Waals surface area contributed by atoms with E-state index in [1.165, 1.54) is 0 Å². The van der Waals surface area contributed by atoms with Crippen molar-refractivity contribution in [3.8, 4) is 11.3 Å². The van der Waals surface area contributed by atoms with Crippen LogP contribution in [0.4, 0.5) is 0 Å². The molecule has 3 aromatic rings. The van der Waals surface area contributed by atoms with Crippen molar-refractivity contribution in [2.24, 2.45) is 0 Å². The number of nitrogens with zero attached hydrogens (tertiary/aromatic N) is 4. The number of pyridine rings is 1. The largest absolute Gasteiger partial charge is 0.478 e. The number of rotatable bonds is 11. The third kappa shape index (κ3) is 4.87. The Balaban J connectivity index is 1.90. The fourth-order valence-corrected chi connectivity index (χ4v) is 3.73. The summed E-state index contributed by atoms with van der Waals surface area (Å²) in [5.41, 5.74) is 2.39. The number of methoxy groups -OCH3 is 2. The van der Waals surface area contributed by atoms with Gasteiger partial charge in [0.2, 0.25) is 11.6 Å². The third-order valence-corrected chi connectivity index (χ3v) is 5.38. The van der Waals surface area contributed by atoms with Crippen molar-refractivity contribution in [3.63, 3.8) is 0 Å². The zero-order valence-corrected chi connectivity index (χ0v) is 19.0. The first-order chi connectivity index (χ1) is 15.5. The summed E-state index contributed by atoms with van der Waals surface area (Å²) >= 11 is 0. The molecule has 0 fully saturated rings. The van der Waals surface area contributed by atoms with Crippen molar-refractivity contribution in [1.29, 1.82) is 0 Å². The van der Waals surface area contributed by atoms with Gasteiger partial charge in [-0.1, -0.05) is 44.5 Å². The van der Waals surface area contributed by atoms with Crippen LogP contribution in [0.5, 0.6) is 0 Å². The van der Waals surface area contributed by atoms with Crippen LogP contribution in [0.15, 0.2) is 42.6 Å². The van der Waals surface area contributed by atoms with Gasteiger partial charge in [-0.2, -0.15) is 5.10 Å². The van der Waals surface area contributed by atoms with Crippen molar-refractivity contribution in [3.05, 3.63) is 65.4 Å². The highest BCUT2D eigenvalue weighted by Crippen LogP contribution is 2.29. The second kappa shape index (κ2) is 10.5. The molecule has 0 radical (unpaired) electrons. The minimum Gasteiger partial charge on any atom is -0.478 e. The third-order valence-electron chi connectivity index (χ3n) is 5.38. The number of benzene rings is 1. The van der Waals surface area contributed by atoms with Crippen LogP contribution in [-0.4, -0.2) is 45.0 Å². The molecule has 1 aromatic carbocycles. The summed E-state index contributed by atoms with van der Waals surface area (Å²) in [6, 6.07) is 10.6. The molecule has 2 heterocycles. The minimum absolute atomic E-state index is 0.228. The average molecular weight is 439 g/mol. The second-order valence-corrected chi connectivity index (χ2v) is 7.57. The molecule has 0 unspecified atom stereocenters. The maximum Gasteiger partial charge on any atom is 0.336 e. The van der Waals surface area contributed by atoms with Crippen molar-refractivity contribution in [2.75, 3.05) is 14.2 Å². The minimum atomic E-state index is -0.974. The summed E-state index contributed by atoms with van der Waals surface area (Å²) < 4.78 is 13.3. The summed E-state index contributed by atoms with van der Waals surface area (Å²) in [6.07, 6.45) is 4.72. The van der Waals surface area contributed by atoms with Gasteiger partial charge in [-0.3, -0.25) is 4.98 Å². The summed E-state index contributed by atoms with van der Waals surface area (Å²) in [7, 11) is 3.22. The Morgan fingerprint density at radius 3 is 2.44 bits per heavy atom. The molecule has 0 bridgehead atoms. The molecule has 0 aliphatic carbocycles.